The van der Waals surface area contributed by atoms with E-state index in [0.717, 1.165) is 12.1 Å². The zero-order valence-corrected chi connectivity index (χ0v) is 15.7. The molecule has 4 amide bonds. The van der Waals surface area contributed by atoms with Crippen LogP contribution in [0.4, 0.5) is 21.3 Å². The number of thiazole rings is 1. The van der Waals surface area contributed by atoms with Gasteiger partial charge in [0.25, 0.3) is 0 Å². The summed E-state index contributed by atoms with van der Waals surface area (Å²) in [5, 5.41) is 10.3. The van der Waals surface area contributed by atoms with Gasteiger partial charge < -0.3 is 20.9 Å². The minimum atomic E-state index is -0.393. The molecule has 9 heteroatoms. The number of urea groups is 1. The smallest absolute Gasteiger partial charge is 0.319 e. The molecule has 0 saturated carbocycles. The molecule has 1 fully saturated rings. The molecular weight excluding hydrogens is 366 g/mol. The number of anilines is 3. The number of hydrogen-bond acceptors (Lipinski definition) is 5. The van der Waals surface area contributed by atoms with E-state index >= 15 is 0 Å². The number of carbonyl (C=O) groups is 3. The first-order valence-electron chi connectivity index (χ1n) is 8.69. The van der Waals surface area contributed by atoms with Gasteiger partial charge in [-0.2, -0.15) is 0 Å². The fourth-order valence-corrected chi connectivity index (χ4v) is 3.41. The Morgan fingerprint density at radius 2 is 2.04 bits per heavy atom. The van der Waals surface area contributed by atoms with Crippen molar-refractivity contribution < 1.29 is 14.4 Å². The first kappa shape index (κ1) is 18.8. The Bertz CT molecular complexity index is 807. The van der Waals surface area contributed by atoms with Gasteiger partial charge in [-0.05, 0) is 37.6 Å². The Balaban J connectivity index is 1.42. The highest BCUT2D eigenvalue weighted by Crippen LogP contribution is 2.27. The van der Waals surface area contributed by atoms with Crippen molar-refractivity contribution in [2.24, 2.45) is 0 Å². The van der Waals surface area contributed by atoms with Gasteiger partial charge in [-0.3, -0.25) is 9.59 Å². The predicted molar refractivity (Wildman–Crippen MR) is 105 cm³/mol. The number of benzene rings is 1. The molecule has 2 aromatic rings. The van der Waals surface area contributed by atoms with Crippen LogP contribution in [0.25, 0.3) is 0 Å². The lowest BCUT2D eigenvalue weighted by Gasteiger charge is -2.22. The Morgan fingerprint density at radius 1 is 1.26 bits per heavy atom. The molecule has 1 aliphatic heterocycles. The van der Waals surface area contributed by atoms with E-state index in [1.165, 1.54) is 11.3 Å². The molecular formula is C18H21N5O3S. The lowest BCUT2D eigenvalue weighted by molar-refractivity contribution is -0.117. The zero-order valence-electron chi connectivity index (χ0n) is 14.9. The van der Waals surface area contributed by atoms with E-state index in [2.05, 4.69) is 20.9 Å². The maximum absolute atomic E-state index is 11.9. The summed E-state index contributed by atoms with van der Waals surface area (Å²) in [6, 6.07) is 6.93. The van der Waals surface area contributed by atoms with Crippen molar-refractivity contribution in [2.75, 3.05) is 22.1 Å². The standard InChI is InChI=1S/C18H21N5O3S/c1-12-2-7-16(25)23(12)14-5-3-13(4-6-14)21-17(26)19-9-8-15(24)22-18-20-10-11-27-18/h3-6,10-12H,2,7-9H2,1H3,(H2,19,21,26)(H,20,22,24). The van der Waals surface area contributed by atoms with Crippen LogP contribution in [0.3, 0.4) is 0 Å². The van der Waals surface area contributed by atoms with Crippen LogP contribution in [0.15, 0.2) is 35.8 Å². The van der Waals surface area contributed by atoms with Crippen LogP contribution in [-0.4, -0.2) is 35.4 Å². The Kier molecular flexibility index (Phi) is 6.02. The van der Waals surface area contributed by atoms with Gasteiger partial charge in [0.1, 0.15) is 0 Å². The normalized spacial score (nSPS) is 16.3. The second-order valence-corrected chi connectivity index (χ2v) is 7.11. The molecule has 1 aliphatic rings. The maximum atomic E-state index is 11.9. The number of amides is 4. The van der Waals surface area contributed by atoms with E-state index in [0.29, 0.717) is 17.2 Å². The van der Waals surface area contributed by atoms with Gasteiger partial charge in [0.15, 0.2) is 5.13 Å². The van der Waals surface area contributed by atoms with Gasteiger partial charge >= 0.3 is 6.03 Å². The minimum absolute atomic E-state index is 0.122. The lowest BCUT2D eigenvalue weighted by atomic mass is 10.2. The van der Waals surface area contributed by atoms with E-state index in [4.69, 9.17) is 0 Å². The highest BCUT2D eigenvalue weighted by atomic mass is 32.1. The van der Waals surface area contributed by atoms with E-state index in [1.807, 2.05) is 19.1 Å². The average Bonchev–Trinajstić information content (AvgIpc) is 3.26. The molecule has 3 N–H and O–H groups in total. The second kappa shape index (κ2) is 8.63. The molecule has 27 heavy (non-hydrogen) atoms. The third-order valence-corrected chi connectivity index (χ3v) is 4.89. The largest absolute Gasteiger partial charge is 0.337 e. The number of nitrogens with zero attached hydrogens (tertiary/aromatic N) is 2. The summed E-state index contributed by atoms with van der Waals surface area (Å²) < 4.78 is 0. The molecule has 1 saturated heterocycles. The van der Waals surface area contributed by atoms with Crippen LogP contribution in [0.2, 0.25) is 0 Å². The van der Waals surface area contributed by atoms with Crippen LogP contribution >= 0.6 is 11.3 Å². The summed E-state index contributed by atoms with van der Waals surface area (Å²) in [5.41, 5.74) is 1.44. The molecule has 0 spiro atoms. The number of aromatic nitrogens is 1. The lowest BCUT2D eigenvalue weighted by Crippen LogP contribution is -2.32. The Morgan fingerprint density at radius 3 is 2.67 bits per heavy atom. The van der Waals surface area contributed by atoms with Crippen molar-refractivity contribution >= 4 is 45.7 Å². The highest BCUT2D eigenvalue weighted by molar-refractivity contribution is 7.13. The molecule has 1 atom stereocenters. The van der Waals surface area contributed by atoms with Gasteiger partial charge in [-0.1, -0.05) is 0 Å². The average molecular weight is 387 g/mol. The molecule has 0 radical (unpaired) electrons. The van der Waals surface area contributed by atoms with Crippen molar-refractivity contribution in [3.05, 3.63) is 35.8 Å². The highest BCUT2D eigenvalue weighted by Gasteiger charge is 2.28. The SMILES string of the molecule is CC1CCC(=O)N1c1ccc(NC(=O)NCCC(=O)Nc2nccs2)cc1. The third kappa shape index (κ3) is 5.04. The monoisotopic (exact) mass is 387 g/mol. The molecule has 1 aromatic heterocycles. The Labute approximate surface area is 161 Å². The predicted octanol–water partition coefficient (Wildman–Crippen LogP) is 2.81. The summed E-state index contributed by atoms with van der Waals surface area (Å²) >= 11 is 1.34. The van der Waals surface area contributed by atoms with E-state index in [-0.39, 0.29) is 30.8 Å². The molecule has 8 nitrogen and oxygen atoms in total. The summed E-state index contributed by atoms with van der Waals surface area (Å²) in [6.45, 7) is 2.23. The van der Waals surface area contributed by atoms with Crippen molar-refractivity contribution in [1.82, 2.24) is 10.3 Å². The van der Waals surface area contributed by atoms with Crippen LogP contribution in [-0.2, 0) is 9.59 Å². The number of carbonyl (C=O) groups excluding carboxylic acids is 3. The van der Waals surface area contributed by atoms with Crippen molar-refractivity contribution in [3.8, 4) is 0 Å². The molecule has 142 valence electrons. The summed E-state index contributed by atoms with van der Waals surface area (Å²) in [5.74, 6) is -0.0871. The van der Waals surface area contributed by atoms with Crippen LogP contribution in [0.5, 0.6) is 0 Å². The van der Waals surface area contributed by atoms with Crippen LogP contribution < -0.4 is 20.9 Å². The summed E-state index contributed by atoms with van der Waals surface area (Å²) in [4.78, 5) is 41.3. The maximum Gasteiger partial charge on any atom is 0.319 e. The van der Waals surface area contributed by atoms with Gasteiger partial charge in [0.05, 0.1) is 0 Å². The van der Waals surface area contributed by atoms with Gasteiger partial charge in [-0.25, -0.2) is 9.78 Å². The molecule has 1 unspecified atom stereocenters. The zero-order chi connectivity index (χ0) is 19.2. The number of rotatable bonds is 6. The topological polar surface area (TPSA) is 103 Å². The van der Waals surface area contributed by atoms with Crippen molar-refractivity contribution in [1.29, 1.82) is 0 Å². The van der Waals surface area contributed by atoms with E-state index < -0.39 is 6.03 Å². The third-order valence-electron chi connectivity index (χ3n) is 4.21. The first-order chi connectivity index (χ1) is 13.0. The van der Waals surface area contributed by atoms with Gasteiger partial charge in [0.2, 0.25) is 11.8 Å². The quantitative estimate of drug-likeness (QED) is 0.709. The molecule has 2 heterocycles. The summed E-state index contributed by atoms with van der Waals surface area (Å²) in [6.07, 6.45) is 3.19. The van der Waals surface area contributed by atoms with Gasteiger partial charge in [0, 0.05) is 48.4 Å². The first-order valence-corrected chi connectivity index (χ1v) is 9.57. The molecule has 3 rings (SSSR count). The van der Waals surface area contributed by atoms with E-state index in [9.17, 15) is 14.4 Å². The Hall–Kier alpha value is -2.94. The second-order valence-electron chi connectivity index (χ2n) is 6.21. The summed E-state index contributed by atoms with van der Waals surface area (Å²) in [7, 11) is 0. The van der Waals surface area contributed by atoms with Gasteiger partial charge in [-0.15, -0.1) is 11.3 Å². The fraction of sp³-hybridized carbons (Fsp3) is 0.333. The number of hydrogen-bond donors (Lipinski definition) is 3. The van der Waals surface area contributed by atoms with Crippen molar-refractivity contribution in [3.63, 3.8) is 0 Å². The minimum Gasteiger partial charge on any atom is -0.337 e. The molecule has 1 aromatic carbocycles. The fourth-order valence-electron chi connectivity index (χ4n) is 2.86. The molecule has 0 bridgehead atoms. The van der Waals surface area contributed by atoms with Crippen LogP contribution in [0.1, 0.15) is 26.2 Å². The molecule has 0 aliphatic carbocycles. The van der Waals surface area contributed by atoms with Crippen LogP contribution in [0, 0.1) is 0 Å². The van der Waals surface area contributed by atoms with E-state index in [1.54, 1.807) is 28.6 Å². The number of nitrogens with one attached hydrogen (secondary N) is 3. The van der Waals surface area contributed by atoms with Crippen molar-refractivity contribution in [2.45, 2.75) is 32.2 Å².